The van der Waals surface area contributed by atoms with E-state index in [9.17, 15) is 13.2 Å². The van der Waals surface area contributed by atoms with E-state index in [0.29, 0.717) is 24.6 Å². The number of para-hydroxylation sites is 1. The van der Waals surface area contributed by atoms with Crippen molar-refractivity contribution >= 4 is 43.2 Å². The molecule has 0 spiro atoms. The molecule has 6 nitrogen and oxygen atoms in total. The first-order valence-corrected chi connectivity index (χ1v) is 12.5. The summed E-state index contributed by atoms with van der Waals surface area (Å²) in [5, 5.41) is 0. The summed E-state index contributed by atoms with van der Waals surface area (Å²) < 4.78 is 34.5. The Labute approximate surface area is 196 Å². The highest BCUT2D eigenvalue weighted by Crippen LogP contribution is 2.30. The van der Waals surface area contributed by atoms with Gasteiger partial charge in [-0.3, -0.25) is 9.10 Å². The van der Waals surface area contributed by atoms with E-state index >= 15 is 0 Å². The maximum absolute atomic E-state index is 13.6. The van der Waals surface area contributed by atoms with E-state index < -0.39 is 10.0 Å². The van der Waals surface area contributed by atoms with Crippen molar-refractivity contribution < 1.29 is 17.9 Å². The molecule has 1 aliphatic rings. The maximum Gasteiger partial charge on any atom is 0.264 e. The fourth-order valence-corrected chi connectivity index (χ4v) is 5.41. The van der Waals surface area contributed by atoms with Crippen LogP contribution in [0.3, 0.4) is 0 Å². The summed E-state index contributed by atoms with van der Waals surface area (Å²) in [6.07, 6.45) is 0.754. The third-order valence-corrected chi connectivity index (χ3v) is 7.62. The van der Waals surface area contributed by atoms with Crippen molar-refractivity contribution in [1.29, 1.82) is 0 Å². The van der Waals surface area contributed by atoms with Gasteiger partial charge in [-0.1, -0.05) is 34.1 Å². The number of halogens is 1. The summed E-state index contributed by atoms with van der Waals surface area (Å²) in [5.41, 5.74) is 2.33. The minimum absolute atomic E-state index is 0.115. The first kappa shape index (κ1) is 22.4. The lowest BCUT2D eigenvalue weighted by Gasteiger charge is -2.27. The van der Waals surface area contributed by atoms with Crippen LogP contribution in [0, 0.1) is 0 Å². The van der Waals surface area contributed by atoms with Crippen LogP contribution in [0.5, 0.6) is 5.75 Å². The Hall–Kier alpha value is -2.84. The highest BCUT2D eigenvalue weighted by Gasteiger charge is 2.31. The smallest absolute Gasteiger partial charge is 0.264 e. The molecule has 0 bridgehead atoms. The molecule has 1 heterocycles. The van der Waals surface area contributed by atoms with E-state index in [0.717, 1.165) is 26.4 Å². The number of rotatable bonds is 7. The van der Waals surface area contributed by atoms with Gasteiger partial charge in [0.2, 0.25) is 5.91 Å². The number of anilines is 2. The van der Waals surface area contributed by atoms with Crippen LogP contribution in [0.15, 0.2) is 82.2 Å². The van der Waals surface area contributed by atoms with Gasteiger partial charge in [-0.2, -0.15) is 0 Å². The molecule has 0 atom stereocenters. The Kier molecular flexibility index (Phi) is 6.53. The van der Waals surface area contributed by atoms with Crippen molar-refractivity contribution in [3.8, 4) is 5.75 Å². The fourth-order valence-electron chi connectivity index (χ4n) is 3.73. The number of benzene rings is 3. The van der Waals surface area contributed by atoms with E-state index in [4.69, 9.17) is 4.74 Å². The van der Waals surface area contributed by atoms with Crippen molar-refractivity contribution in [2.45, 2.75) is 18.2 Å². The Morgan fingerprint density at radius 2 is 1.72 bits per heavy atom. The summed E-state index contributed by atoms with van der Waals surface area (Å²) in [6, 6.07) is 20.8. The largest absolute Gasteiger partial charge is 0.494 e. The minimum atomic E-state index is -3.97. The second-order valence-corrected chi connectivity index (χ2v) is 10.1. The number of ether oxygens (including phenoxy) is 1. The van der Waals surface area contributed by atoms with Crippen LogP contribution >= 0.6 is 15.9 Å². The first-order valence-electron chi connectivity index (χ1n) is 10.3. The van der Waals surface area contributed by atoms with Crippen molar-refractivity contribution in [1.82, 2.24) is 0 Å². The van der Waals surface area contributed by atoms with Crippen LogP contribution in [0.2, 0.25) is 0 Å². The number of sulfonamides is 1. The van der Waals surface area contributed by atoms with Gasteiger partial charge in [0.05, 0.1) is 17.2 Å². The van der Waals surface area contributed by atoms with Gasteiger partial charge in [-0.25, -0.2) is 8.42 Å². The Balaban J connectivity index is 1.69. The van der Waals surface area contributed by atoms with Gasteiger partial charge >= 0.3 is 0 Å². The van der Waals surface area contributed by atoms with Gasteiger partial charge in [0.25, 0.3) is 10.0 Å². The number of carbonyl (C=O) groups is 1. The average molecular weight is 515 g/mol. The Morgan fingerprint density at radius 1 is 1.03 bits per heavy atom. The fraction of sp³-hybridized carbons (Fsp3) is 0.208. The zero-order valence-electron chi connectivity index (χ0n) is 17.6. The van der Waals surface area contributed by atoms with Crippen molar-refractivity contribution in [3.05, 3.63) is 82.8 Å². The predicted octanol–water partition coefficient (Wildman–Crippen LogP) is 4.63. The van der Waals surface area contributed by atoms with Gasteiger partial charge in [-0.05, 0) is 73.5 Å². The lowest BCUT2D eigenvalue weighted by atomic mass is 10.2. The van der Waals surface area contributed by atoms with Crippen LogP contribution in [0.25, 0.3) is 0 Å². The van der Waals surface area contributed by atoms with Crippen LogP contribution in [0.4, 0.5) is 11.4 Å². The zero-order valence-corrected chi connectivity index (χ0v) is 20.0. The molecule has 0 unspecified atom stereocenters. The highest BCUT2D eigenvalue weighted by atomic mass is 79.9. The normalized spacial score (nSPS) is 13.0. The van der Waals surface area contributed by atoms with E-state index in [1.54, 1.807) is 41.3 Å². The summed E-state index contributed by atoms with van der Waals surface area (Å²) in [6.45, 7) is 2.62. The molecular weight excluding hydrogens is 492 g/mol. The summed E-state index contributed by atoms with van der Waals surface area (Å²) in [7, 11) is -3.97. The highest BCUT2D eigenvalue weighted by molar-refractivity contribution is 9.10. The van der Waals surface area contributed by atoms with E-state index in [1.807, 2.05) is 31.2 Å². The standard InChI is InChI=1S/C24H23BrN2O4S/c1-2-31-21-11-9-20(10-12-21)27(32(29,30)22-13-7-19(25)8-14-22)17-24(28)26-16-15-18-5-3-4-6-23(18)26/h3-14H,2,15-17H2,1H3. The number of fused-ring (bicyclic) bond motifs is 1. The molecule has 1 aliphatic heterocycles. The van der Waals surface area contributed by atoms with E-state index in [2.05, 4.69) is 15.9 Å². The number of amides is 1. The van der Waals surface area contributed by atoms with Crippen molar-refractivity contribution in [2.75, 3.05) is 28.9 Å². The number of hydrogen-bond acceptors (Lipinski definition) is 4. The van der Waals surface area contributed by atoms with E-state index in [1.165, 1.54) is 12.1 Å². The second-order valence-electron chi connectivity index (χ2n) is 7.32. The molecule has 0 N–H and O–H groups in total. The average Bonchev–Trinajstić information content (AvgIpc) is 3.23. The third kappa shape index (κ3) is 4.52. The molecule has 3 aromatic carbocycles. The summed E-state index contributed by atoms with van der Waals surface area (Å²) in [5.74, 6) is 0.363. The maximum atomic E-state index is 13.6. The molecule has 3 aromatic rings. The number of hydrogen-bond donors (Lipinski definition) is 0. The van der Waals surface area contributed by atoms with Gasteiger partial charge in [0.15, 0.2) is 0 Å². The van der Waals surface area contributed by atoms with Crippen LogP contribution < -0.4 is 13.9 Å². The molecule has 0 saturated carbocycles. The monoisotopic (exact) mass is 514 g/mol. The van der Waals surface area contributed by atoms with Crippen molar-refractivity contribution in [2.24, 2.45) is 0 Å². The Bertz CT molecular complexity index is 1210. The lowest BCUT2D eigenvalue weighted by Crippen LogP contribution is -2.42. The molecule has 4 rings (SSSR count). The lowest BCUT2D eigenvalue weighted by molar-refractivity contribution is -0.117. The number of carbonyl (C=O) groups excluding carboxylic acids is 1. The molecule has 0 aliphatic carbocycles. The molecule has 166 valence electrons. The molecule has 0 saturated heterocycles. The molecule has 0 aromatic heterocycles. The molecule has 32 heavy (non-hydrogen) atoms. The Morgan fingerprint density at radius 3 is 2.41 bits per heavy atom. The van der Waals surface area contributed by atoms with Crippen LogP contribution in [-0.2, 0) is 21.2 Å². The van der Waals surface area contributed by atoms with Crippen LogP contribution in [-0.4, -0.2) is 34.0 Å². The zero-order chi connectivity index (χ0) is 22.7. The molecular formula is C24H23BrN2O4S. The summed E-state index contributed by atoms with van der Waals surface area (Å²) in [4.78, 5) is 15.1. The van der Waals surface area contributed by atoms with Gasteiger partial charge < -0.3 is 9.64 Å². The third-order valence-electron chi connectivity index (χ3n) is 5.30. The van der Waals surface area contributed by atoms with Crippen LogP contribution in [0.1, 0.15) is 12.5 Å². The molecule has 0 radical (unpaired) electrons. The molecule has 8 heteroatoms. The SMILES string of the molecule is CCOc1ccc(N(CC(=O)N2CCc3ccccc32)S(=O)(=O)c2ccc(Br)cc2)cc1. The van der Waals surface area contributed by atoms with Crippen molar-refractivity contribution in [3.63, 3.8) is 0 Å². The molecule has 1 amide bonds. The minimum Gasteiger partial charge on any atom is -0.494 e. The molecule has 0 fully saturated rings. The second kappa shape index (κ2) is 9.34. The topological polar surface area (TPSA) is 66.9 Å². The quantitative estimate of drug-likeness (QED) is 0.460. The predicted molar refractivity (Wildman–Crippen MR) is 129 cm³/mol. The van der Waals surface area contributed by atoms with Gasteiger partial charge in [0, 0.05) is 16.7 Å². The van der Waals surface area contributed by atoms with Gasteiger partial charge in [-0.15, -0.1) is 0 Å². The number of nitrogens with zero attached hydrogens (tertiary/aromatic N) is 2. The summed E-state index contributed by atoms with van der Waals surface area (Å²) >= 11 is 3.33. The first-order chi connectivity index (χ1) is 15.4. The van der Waals surface area contributed by atoms with E-state index in [-0.39, 0.29) is 17.3 Å². The van der Waals surface area contributed by atoms with Gasteiger partial charge in [0.1, 0.15) is 12.3 Å².